The molecule has 0 radical (unpaired) electrons. The Morgan fingerprint density at radius 3 is 2.68 bits per heavy atom. The standard InChI is InChI=1S/C19H20O6/c1-10(2)7-16(21)24-18-17(22)12-8-11-5-6-15(20)23-13(11)9-14(12)25-19(18,3)4/h5-9,17-18,22H,1-4H3. The molecule has 2 unspecified atom stereocenters. The summed E-state index contributed by atoms with van der Waals surface area (Å²) in [5, 5.41) is 11.4. The number of esters is 1. The number of aliphatic hydroxyl groups excluding tert-OH is 1. The quantitative estimate of drug-likeness (QED) is 0.512. The third kappa shape index (κ3) is 3.30. The van der Waals surface area contributed by atoms with Crippen LogP contribution in [-0.2, 0) is 9.53 Å². The minimum absolute atomic E-state index is 0.370. The zero-order chi connectivity index (χ0) is 18.4. The van der Waals surface area contributed by atoms with Crippen molar-refractivity contribution >= 4 is 16.9 Å². The molecule has 3 rings (SSSR count). The average Bonchev–Trinajstić information content (AvgIpc) is 2.49. The maximum atomic E-state index is 12.0. The van der Waals surface area contributed by atoms with Gasteiger partial charge in [0.05, 0.1) is 0 Å². The maximum Gasteiger partial charge on any atom is 0.336 e. The molecule has 0 saturated heterocycles. The largest absolute Gasteiger partial charge is 0.483 e. The highest BCUT2D eigenvalue weighted by molar-refractivity contribution is 5.83. The molecular formula is C19H20O6. The van der Waals surface area contributed by atoms with Crippen LogP contribution in [0.4, 0.5) is 0 Å². The first-order chi connectivity index (χ1) is 11.7. The molecule has 2 aromatic rings. The van der Waals surface area contributed by atoms with Crippen LogP contribution in [0.1, 0.15) is 39.4 Å². The highest BCUT2D eigenvalue weighted by Gasteiger charge is 2.46. The number of hydrogen-bond donors (Lipinski definition) is 1. The molecule has 1 aliphatic heterocycles. The fourth-order valence-corrected chi connectivity index (χ4v) is 2.92. The Morgan fingerprint density at radius 1 is 1.28 bits per heavy atom. The molecule has 1 N–H and O–H groups in total. The summed E-state index contributed by atoms with van der Waals surface area (Å²) >= 11 is 0. The Bertz CT molecular complexity index is 917. The molecule has 0 aliphatic carbocycles. The van der Waals surface area contributed by atoms with Gasteiger partial charge < -0.3 is 19.0 Å². The van der Waals surface area contributed by atoms with E-state index in [0.29, 0.717) is 22.3 Å². The third-order valence-electron chi connectivity index (χ3n) is 4.07. The number of benzene rings is 1. The number of carbonyl (C=O) groups is 1. The molecule has 0 amide bonds. The van der Waals surface area contributed by atoms with Crippen LogP contribution in [0, 0.1) is 0 Å². The van der Waals surface area contributed by atoms with E-state index in [4.69, 9.17) is 13.9 Å². The third-order valence-corrected chi connectivity index (χ3v) is 4.07. The smallest absolute Gasteiger partial charge is 0.336 e. The predicted octanol–water partition coefficient (Wildman–Crippen LogP) is 2.88. The molecule has 0 bridgehead atoms. The maximum absolute atomic E-state index is 12.0. The van der Waals surface area contributed by atoms with Crippen molar-refractivity contribution < 1.29 is 23.8 Å². The molecule has 0 saturated carbocycles. The second-order valence-electron chi connectivity index (χ2n) is 6.91. The number of hydrogen-bond acceptors (Lipinski definition) is 6. The van der Waals surface area contributed by atoms with Gasteiger partial charge in [0.25, 0.3) is 0 Å². The van der Waals surface area contributed by atoms with E-state index in [1.54, 1.807) is 45.9 Å². The van der Waals surface area contributed by atoms with Gasteiger partial charge in [-0.1, -0.05) is 5.57 Å². The molecule has 1 aliphatic rings. The Morgan fingerprint density at radius 2 is 2.00 bits per heavy atom. The second-order valence-corrected chi connectivity index (χ2v) is 6.91. The Balaban J connectivity index is 2.03. The van der Waals surface area contributed by atoms with Crippen LogP contribution in [0.15, 0.2) is 45.1 Å². The lowest BCUT2D eigenvalue weighted by Gasteiger charge is -2.41. The SMILES string of the molecule is CC(C)=CC(=O)OC1C(O)c2cc3ccc(=O)oc3cc2OC1(C)C. The summed E-state index contributed by atoms with van der Waals surface area (Å²) in [5.74, 6) is -0.134. The molecule has 0 fully saturated rings. The summed E-state index contributed by atoms with van der Waals surface area (Å²) in [4.78, 5) is 23.4. The van der Waals surface area contributed by atoms with Crippen molar-refractivity contribution in [2.24, 2.45) is 0 Å². The zero-order valence-electron chi connectivity index (χ0n) is 14.5. The number of allylic oxidation sites excluding steroid dienone is 1. The van der Waals surface area contributed by atoms with Gasteiger partial charge in [0.2, 0.25) is 0 Å². The van der Waals surface area contributed by atoms with Gasteiger partial charge in [0.15, 0.2) is 6.10 Å². The molecule has 1 aromatic carbocycles. The van der Waals surface area contributed by atoms with Crippen LogP contribution in [0.2, 0.25) is 0 Å². The summed E-state index contributed by atoms with van der Waals surface area (Å²) in [6.45, 7) is 7.03. The molecule has 2 heterocycles. The summed E-state index contributed by atoms with van der Waals surface area (Å²) in [5.41, 5.74) is 0.234. The molecule has 6 nitrogen and oxygen atoms in total. The molecule has 2 atom stereocenters. The van der Waals surface area contributed by atoms with Gasteiger partial charge in [-0.25, -0.2) is 9.59 Å². The van der Waals surface area contributed by atoms with Crippen LogP contribution >= 0.6 is 0 Å². The fourth-order valence-electron chi connectivity index (χ4n) is 2.92. The van der Waals surface area contributed by atoms with Crippen LogP contribution in [0.25, 0.3) is 11.0 Å². The predicted molar refractivity (Wildman–Crippen MR) is 91.5 cm³/mol. The van der Waals surface area contributed by atoms with Gasteiger partial charge in [-0.2, -0.15) is 0 Å². The van der Waals surface area contributed by atoms with Gasteiger partial charge in [-0.05, 0) is 39.8 Å². The van der Waals surface area contributed by atoms with E-state index in [0.717, 1.165) is 5.57 Å². The van der Waals surface area contributed by atoms with Gasteiger partial charge in [-0.3, -0.25) is 0 Å². The van der Waals surface area contributed by atoms with E-state index in [9.17, 15) is 14.7 Å². The molecule has 1 aromatic heterocycles. The molecule has 0 spiro atoms. The van der Waals surface area contributed by atoms with E-state index in [-0.39, 0.29) is 0 Å². The lowest BCUT2D eigenvalue weighted by molar-refractivity contribution is -0.172. The Kier molecular flexibility index (Phi) is 4.16. The van der Waals surface area contributed by atoms with E-state index in [2.05, 4.69) is 0 Å². The number of fused-ring (bicyclic) bond motifs is 2. The summed E-state index contributed by atoms with van der Waals surface area (Å²) < 4.78 is 16.5. The van der Waals surface area contributed by atoms with Crippen molar-refractivity contribution in [1.82, 2.24) is 0 Å². The average molecular weight is 344 g/mol. The van der Waals surface area contributed by atoms with E-state index < -0.39 is 29.4 Å². The molecular weight excluding hydrogens is 324 g/mol. The van der Waals surface area contributed by atoms with Crippen LogP contribution < -0.4 is 10.4 Å². The van der Waals surface area contributed by atoms with Crippen LogP contribution in [0.3, 0.4) is 0 Å². The van der Waals surface area contributed by atoms with Gasteiger partial charge in [-0.15, -0.1) is 0 Å². The van der Waals surface area contributed by atoms with Crippen LogP contribution in [-0.4, -0.2) is 22.8 Å². The lowest BCUT2D eigenvalue weighted by Crippen LogP contribution is -2.51. The first-order valence-electron chi connectivity index (χ1n) is 7.98. The number of aliphatic hydroxyl groups is 1. The monoisotopic (exact) mass is 344 g/mol. The first kappa shape index (κ1) is 17.2. The van der Waals surface area contributed by atoms with Gasteiger partial charge in [0.1, 0.15) is 23.0 Å². The summed E-state index contributed by atoms with van der Waals surface area (Å²) in [6, 6.07) is 6.17. The second kappa shape index (κ2) is 6.04. The summed E-state index contributed by atoms with van der Waals surface area (Å²) in [7, 11) is 0. The van der Waals surface area contributed by atoms with E-state index >= 15 is 0 Å². The fraction of sp³-hybridized carbons (Fsp3) is 0.368. The Hall–Kier alpha value is -2.60. The normalized spacial score (nSPS) is 21.2. The van der Waals surface area contributed by atoms with Crippen molar-refractivity contribution in [1.29, 1.82) is 0 Å². The topological polar surface area (TPSA) is 86.0 Å². The van der Waals surface area contributed by atoms with E-state index in [1.165, 1.54) is 12.1 Å². The van der Waals surface area contributed by atoms with Crippen molar-refractivity contribution in [2.75, 3.05) is 0 Å². The molecule has 25 heavy (non-hydrogen) atoms. The minimum atomic E-state index is -1.07. The number of ether oxygens (including phenoxy) is 2. The zero-order valence-corrected chi connectivity index (χ0v) is 14.5. The minimum Gasteiger partial charge on any atom is -0.483 e. The highest BCUT2D eigenvalue weighted by Crippen LogP contribution is 2.43. The van der Waals surface area contributed by atoms with Gasteiger partial charge in [0, 0.05) is 29.2 Å². The van der Waals surface area contributed by atoms with E-state index in [1.807, 2.05) is 0 Å². The number of carbonyl (C=O) groups excluding carboxylic acids is 1. The van der Waals surface area contributed by atoms with Crippen molar-refractivity contribution in [3.63, 3.8) is 0 Å². The van der Waals surface area contributed by atoms with Crippen molar-refractivity contribution in [2.45, 2.75) is 45.5 Å². The summed E-state index contributed by atoms with van der Waals surface area (Å²) in [6.07, 6.45) is -0.575. The molecule has 6 heteroatoms. The van der Waals surface area contributed by atoms with Crippen molar-refractivity contribution in [3.05, 3.63) is 51.9 Å². The van der Waals surface area contributed by atoms with Crippen molar-refractivity contribution in [3.8, 4) is 5.75 Å². The Labute approximate surface area is 144 Å². The highest BCUT2D eigenvalue weighted by atomic mass is 16.6. The lowest BCUT2D eigenvalue weighted by atomic mass is 9.87. The van der Waals surface area contributed by atoms with Crippen LogP contribution in [0.5, 0.6) is 5.75 Å². The number of rotatable bonds is 2. The van der Waals surface area contributed by atoms with Gasteiger partial charge >= 0.3 is 11.6 Å². The molecule has 132 valence electrons. The first-order valence-corrected chi connectivity index (χ1v) is 7.98.